The number of oxime groups is 1. The molecule has 2 N–H and O–H groups in total. The molecule has 0 unspecified atom stereocenters. The molecule has 1 aromatic carbocycles. The zero-order chi connectivity index (χ0) is 27.5. The van der Waals surface area contributed by atoms with Gasteiger partial charge in [-0.15, -0.1) is 0 Å². The van der Waals surface area contributed by atoms with Crippen LogP contribution in [0.2, 0.25) is 0 Å². The lowest BCUT2D eigenvalue weighted by Gasteiger charge is -2.41. The second-order valence-corrected chi connectivity index (χ2v) is 8.55. The van der Waals surface area contributed by atoms with Crippen LogP contribution in [0.1, 0.15) is 41.0 Å². The summed E-state index contributed by atoms with van der Waals surface area (Å²) in [5, 5.41) is 8.83. The number of benzene rings is 1. The van der Waals surface area contributed by atoms with Gasteiger partial charge in [-0.05, 0) is 23.2 Å². The number of amides is 2. The van der Waals surface area contributed by atoms with Gasteiger partial charge in [-0.25, -0.2) is 4.79 Å². The van der Waals surface area contributed by atoms with Crippen LogP contribution < -0.4 is 10.6 Å². The number of carbonyl (C=O) groups is 5. The zero-order valence-corrected chi connectivity index (χ0v) is 21.2. The number of esters is 3. The summed E-state index contributed by atoms with van der Waals surface area (Å²) in [6.07, 6.45) is -4.75. The number of hydrogen-bond donors (Lipinski definition) is 2. The molecule has 1 heterocycles. The van der Waals surface area contributed by atoms with Crippen molar-refractivity contribution in [3.05, 3.63) is 30.3 Å². The molecule has 1 aliphatic rings. The number of nitrogens with zero attached hydrogens (tertiary/aromatic N) is 1. The van der Waals surface area contributed by atoms with E-state index in [2.05, 4.69) is 15.8 Å². The van der Waals surface area contributed by atoms with E-state index in [1.165, 1.54) is 0 Å². The second kappa shape index (κ2) is 13.8. The maximum atomic E-state index is 12.6. The van der Waals surface area contributed by atoms with E-state index in [9.17, 15) is 24.0 Å². The zero-order valence-electron chi connectivity index (χ0n) is 21.2. The minimum absolute atomic E-state index is 0.0223. The van der Waals surface area contributed by atoms with Crippen molar-refractivity contribution in [2.75, 3.05) is 11.9 Å². The number of ether oxygens (including phenoxy) is 4. The third-order valence-corrected chi connectivity index (χ3v) is 4.76. The standard InChI is InChI=1S/C24H31N3O10/c1-13(2)11-19(31)26-20-22(35-16(5)30)21(34-15(4)29)18(12-33-14(3)28)36-23(20)27-37-24(32)25-17-9-7-6-8-10-17/h6-10,13,18,20-22H,11-12H2,1-5H3,(H,25,32)(H,26,31)/t18-,20-,21-,22-/m1/s1. The van der Waals surface area contributed by atoms with E-state index in [1.807, 2.05) is 13.8 Å². The van der Waals surface area contributed by atoms with E-state index in [4.69, 9.17) is 23.8 Å². The molecule has 1 fully saturated rings. The highest BCUT2D eigenvalue weighted by atomic mass is 16.7. The molecule has 37 heavy (non-hydrogen) atoms. The van der Waals surface area contributed by atoms with Crippen molar-refractivity contribution in [1.29, 1.82) is 0 Å². The predicted molar refractivity (Wildman–Crippen MR) is 128 cm³/mol. The molecule has 13 nitrogen and oxygen atoms in total. The number of para-hydroxylation sites is 1. The molecule has 1 aliphatic heterocycles. The van der Waals surface area contributed by atoms with Gasteiger partial charge >= 0.3 is 24.0 Å². The van der Waals surface area contributed by atoms with Gasteiger partial charge in [0, 0.05) is 32.9 Å². The fraction of sp³-hybridized carbons (Fsp3) is 0.500. The first-order valence-electron chi connectivity index (χ1n) is 11.5. The van der Waals surface area contributed by atoms with Crippen LogP contribution >= 0.6 is 0 Å². The Morgan fingerprint density at radius 3 is 2.14 bits per heavy atom. The Kier molecular flexibility index (Phi) is 10.8. The van der Waals surface area contributed by atoms with Gasteiger partial charge in [0.2, 0.25) is 5.91 Å². The smallest absolute Gasteiger partial charge is 0.437 e. The first-order chi connectivity index (χ1) is 17.5. The monoisotopic (exact) mass is 521 g/mol. The lowest BCUT2D eigenvalue weighted by Crippen LogP contribution is -2.64. The fourth-order valence-corrected chi connectivity index (χ4v) is 3.40. The predicted octanol–water partition coefficient (Wildman–Crippen LogP) is 1.90. The molecule has 0 bridgehead atoms. The Morgan fingerprint density at radius 1 is 0.946 bits per heavy atom. The van der Waals surface area contributed by atoms with Crippen molar-refractivity contribution in [1.82, 2.24) is 5.32 Å². The van der Waals surface area contributed by atoms with Crippen LogP contribution in [0.5, 0.6) is 0 Å². The quantitative estimate of drug-likeness (QED) is 0.212. The Hall–Kier alpha value is -4.16. The van der Waals surface area contributed by atoms with E-state index >= 15 is 0 Å². The Labute approximate surface area is 213 Å². The molecule has 1 saturated heterocycles. The van der Waals surface area contributed by atoms with Gasteiger partial charge in [0.1, 0.15) is 12.6 Å². The molecule has 4 atom stereocenters. The number of anilines is 1. The third-order valence-electron chi connectivity index (χ3n) is 4.76. The topological polar surface area (TPSA) is 168 Å². The van der Waals surface area contributed by atoms with Crippen LogP contribution in [0.4, 0.5) is 10.5 Å². The summed E-state index contributed by atoms with van der Waals surface area (Å²) in [7, 11) is 0. The molecule has 1 aromatic rings. The minimum atomic E-state index is -1.36. The Morgan fingerprint density at radius 2 is 1.57 bits per heavy atom. The van der Waals surface area contributed by atoms with Gasteiger partial charge in [0.15, 0.2) is 18.3 Å². The largest absolute Gasteiger partial charge is 0.466 e. The van der Waals surface area contributed by atoms with Gasteiger partial charge in [0.05, 0.1) is 0 Å². The highest BCUT2D eigenvalue weighted by Gasteiger charge is 2.50. The maximum Gasteiger partial charge on any atom is 0.437 e. The highest BCUT2D eigenvalue weighted by molar-refractivity contribution is 5.91. The minimum Gasteiger partial charge on any atom is -0.466 e. The van der Waals surface area contributed by atoms with Gasteiger partial charge < -0.3 is 24.3 Å². The molecule has 0 aromatic heterocycles. The third kappa shape index (κ3) is 9.78. The van der Waals surface area contributed by atoms with Crippen LogP contribution in [0.3, 0.4) is 0 Å². The fourth-order valence-electron chi connectivity index (χ4n) is 3.40. The van der Waals surface area contributed by atoms with Crippen molar-refractivity contribution < 1.29 is 47.8 Å². The Bertz CT molecular complexity index is 1010. The molecule has 13 heteroatoms. The lowest BCUT2D eigenvalue weighted by atomic mass is 9.96. The van der Waals surface area contributed by atoms with Crippen molar-refractivity contribution in [2.45, 2.75) is 65.4 Å². The number of carbonyl (C=O) groups excluding carboxylic acids is 5. The molecule has 2 rings (SSSR count). The molecule has 0 spiro atoms. The maximum absolute atomic E-state index is 12.6. The number of hydrogen-bond acceptors (Lipinski definition) is 11. The highest BCUT2D eigenvalue weighted by Crippen LogP contribution is 2.25. The SMILES string of the molecule is CC(=O)OC[C@H]1OC(=NOC(=O)Nc2ccccc2)[C@H](NC(=O)CC(C)C)[C@@H](OC(C)=O)[C@@H]1OC(C)=O. The summed E-state index contributed by atoms with van der Waals surface area (Å²) in [4.78, 5) is 65.1. The second-order valence-electron chi connectivity index (χ2n) is 8.55. The molecule has 0 radical (unpaired) electrons. The van der Waals surface area contributed by atoms with Gasteiger partial charge in [-0.3, -0.25) is 29.3 Å². The summed E-state index contributed by atoms with van der Waals surface area (Å²) in [5.41, 5.74) is 0.430. The average molecular weight is 522 g/mol. The first-order valence-corrected chi connectivity index (χ1v) is 11.5. The molecule has 2 amide bonds. The van der Waals surface area contributed by atoms with Crippen LogP contribution in [-0.4, -0.2) is 66.8 Å². The molecule has 0 saturated carbocycles. The molecular formula is C24H31N3O10. The van der Waals surface area contributed by atoms with Crippen LogP contribution in [0, 0.1) is 5.92 Å². The van der Waals surface area contributed by atoms with Crippen LogP contribution in [-0.2, 0) is 43.0 Å². The summed E-state index contributed by atoms with van der Waals surface area (Å²) < 4.78 is 21.5. The van der Waals surface area contributed by atoms with Crippen molar-refractivity contribution in [3.8, 4) is 0 Å². The van der Waals surface area contributed by atoms with E-state index in [0.29, 0.717) is 5.69 Å². The average Bonchev–Trinajstić information content (AvgIpc) is 2.79. The molecular weight excluding hydrogens is 490 g/mol. The van der Waals surface area contributed by atoms with E-state index in [1.54, 1.807) is 30.3 Å². The van der Waals surface area contributed by atoms with Gasteiger partial charge in [-0.1, -0.05) is 32.0 Å². The molecule has 202 valence electrons. The van der Waals surface area contributed by atoms with Gasteiger partial charge in [-0.2, -0.15) is 0 Å². The van der Waals surface area contributed by atoms with Crippen LogP contribution in [0.15, 0.2) is 35.5 Å². The van der Waals surface area contributed by atoms with E-state index in [-0.39, 0.29) is 18.2 Å². The summed E-state index contributed by atoms with van der Waals surface area (Å²) >= 11 is 0. The summed E-state index contributed by atoms with van der Waals surface area (Å²) in [5.74, 6) is -3.01. The van der Waals surface area contributed by atoms with Crippen molar-refractivity contribution in [3.63, 3.8) is 0 Å². The molecule has 0 aliphatic carbocycles. The summed E-state index contributed by atoms with van der Waals surface area (Å²) in [6.45, 7) is 6.63. The van der Waals surface area contributed by atoms with Crippen molar-refractivity contribution in [2.24, 2.45) is 11.1 Å². The first kappa shape index (κ1) is 29.1. The van der Waals surface area contributed by atoms with Crippen LogP contribution in [0.25, 0.3) is 0 Å². The summed E-state index contributed by atoms with van der Waals surface area (Å²) in [6, 6.07) is 7.09. The number of nitrogens with one attached hydrogen (secondary N) is 2. The number of rotatable bonds is 9. The van der Waals surface area contributed by atoms with E-state index < -0.39 is 60.9 Å². The van der Waals surface area contributed by atoms with E-state index in [0.717, 1.165) is 20.8 Å². The van der Waals surface area contributed by atoms with Crippen molar-refractivity contribution >= 4 is 41.5 Å². The lowest BCUT2D eigenvalue weighted by molar-refractivity contribution is -0.186. The normalized spacial score (nSPS) is 21.8. The van der Waals surface area contributed by atoms with Gasteiger partial charge in [0.25, 0.3) is 5.90 Å². The Balaban J connectivity index is 2.42.